The van der Waals surface area contributed by atoms with E-state index >= 15 is 0 Å². The third-order valence-corrected chi connectivity index (χ3v) is 10.1. The zero-order valence-electron chi connectivity index (χ0n) is 23.3. The largest absolute Gasteiger partial charge is 0.0726 e. The fourth-order valence-corrected chi connectivity index (χ4v) is 8.42. The maximum Gasteiger partial charge on any atom is 0.0726 e. The number of fused-ring (bicyclic) bond motifs is 14. The fourth-order valence-electron chi connectivity index (χ4n) is 8.42. The molecule has 7 aromatic rings. The fraction of sp³-hybridized carbons (Fsp3) is 0.0476. The third-order valence-electron chi connectivity index (χ3n) is 10.1. The van der Waals surface area contributed by atoms with E-state index in [4.69, 9.17) is 0 Å². The summed E-state index contributed by atoms with van der Waals surface area (Å²) in [5, 5.41) is 2.75. The molecule has 0 heteroatoms. The van der Waals surface area contributed by atoms with E-state index in [0.717, 1.165) is 0 Å². The zero-order chi connectivity index (χ0) is 27.6. The number of hydrogen-bond donors (Lipinski definition) is 0. The van der Waals surface area contributed by atoms with Gasteiger partial charge in [0, 0.05) is 0 Å². The van der Waals surface area contributed by atoms with Gasteiger partial charge in [-0.1, -0.05) is 133 Å². The van der Waals surface area contributed by atoms with Crippen LogP contribution >= 0.6 is 0 Å². The van der Waals surface area contributed by atoms with Crippen LogP contribution in [0.25, 0.3) is 66.4 Å². The number of rotatable bonds is 1. The van der Waals surface area contributed by atoms with Crippen molar-refractivity contribution < 1.29 is 0 Å². The Morgan fingerprint density at radius 3 is 1.76 bits per heavy atom. The molecular formula is C42H26. The van der Waals surface area contributed by atoms with Crippen LogP contribution in [-0.4, -0.2) is 0 Å². The minimum absolute atomic E-state index is 0.378. The SMILES string of the molecule is Cc1ccc(-c2ccc3c(c2)C2(c4ccccc4-3)c3ccccc3-c3c2cc2c4c(cccc34)-c3ccccc3-2)cc1. The van der Waals surface area contributed by atoms with E-state index < -0.39 is 0 Å². The highest BCUT2D eigenvalue weighted by molar-refractivity contribution is 6.21. The van der Waals surface area contributed by atoms with Crippen molar-refractivity contribution in [1.29, 1.82) is 0 Å². The summed E-state index contributed by atoms with van der Waals surface area (Å²) in [6.07, 6.45) is 0. The van der Waals surface area contributed by atoms with E-state index in [2.05, 4.69) is 146 Å². The van der Waals surface area contributed by atoms with Crippen molar-refractivity contribution in [2.45, 2.75) is 12.3 Å². The first-order valence-electron chi connectivity index (χ1n) is 14.9. The van der Waals surface area contributed by atoms with Crippen LogP contribution in [-0.2, 0) is 5.41 Å². The molecule has 1 unspecified atom stereocenters. The van der Waals surface area contributed by atoms with Crippen molar-refractivity contribution in [2.75, 3.05) is 0 Å². The molecule has 0 saturated carbocycles. The normalized spacial score (nSPS) is 16.3. The lowest BCUT2D eigenvalue weighted by atomic mass is 9.69. The van der Waals surface area contributed by atoms with Gasteiger partial charge in [0.15, 0.2) is 0 Å². The average Bonchev–Trinajstić information content (AvgIpc) is 3.64. The predicted molar refractivity (Wildman–Crippen MR) is 175 cm³/mol. The first-order chi connectivity index (χ1) is 20.7. The summed E-state index contributed by atoms with van der Waals surface area (Å²) in [4.78, 5) is 0. The average molecular weight is 531 g/mol. The van der Waals surface area contributed by atoms with E-state index in [-0.39, 0.29) is 5.41 Å². The summed E-state index contributed by atoms with van der Waals surface area (Å²) < 4.78 is 0. The van der Waals surface area contributed by atoms with Crippen LogP contribution in [0.5, 0.6) is 0 Å². The Hall–Kier alpha value is -5.20. The monoisotopic (exact) mass is 530 g/mol. The number of aryl methyl sites for hydroxylation is 1. The Bertz CT molecular complexity index is 2300. The van der Waals surface area contributed by atoms with Gasteiger partial charge < -0.3 is 0 Å². The Balaban J connectivity index is 1.39. The molecule has 10 rings (SSSR count). The van der Waals surface area contributed by atoms with Gasteiger partial charge in [-0.15, -0.1) is 0 Å². The van der Waals surface area contributed by atoms with Gasteiger partial charge in [-0.05, 0) is 108 Å². The molecule has 0 aliphatic heterocycles. The molecule has 0 saturated heterocycles. The van der Waals surface area contributed by atoms with Crippen LogP contribution in [0.4, 0.5) is 0 Å². The number of benzene rings is 7. The molecular weight excluding hydrogens is 504 g/mol. The van der Waals surface area contributed by atoms with Crippen LogP contribution in [0, 0.1) is 6.92 Å². The summed E-state index contributed by atoms with van der Waals surface area (Å²) >= 11 is 0. The third kappa shape index (κ3) is 2.55. The molecule has 0 N–H and O–H groups in total. The highest BCUT2D eigenvalue weighted by atomic mass is 14.5. The van der Waals surface area contributed by atoms with Crippen molar-refractivity contribution in [1.82, 2.24) is 0 Å². The number of hydrogen-bond acceptors (Lipinski definition) is 0. The lowest BCUT2D eigenvalue weighted by molar-refractivity contribution is 0.795. The quantitative estimate of drug-likeness (QED) is 0.198. The molecule has 1 atom stereocenters. The molecule has 0 amide bonds. The summed E-state index contributed by atoms with van der Waals surface area (Å²) in [5.41, 5.74) is 19.9. The molecule has 0 bridgehead atoms. The van der Waals surface area contributed by atoms with Gasteiger partial charge >= 0.3 is 0 Å². The minimum atomic E-state index is -0.378. The Labute approximate surface area is 245 Å². The summed E-state index contributed by atoms with van der Waals surface area (Å²) in [6, 6.07) is 52.8. The molecule has 0 fully saturated rings. The van der Waals surface area contributed by atoms with Gasteiger partial charge in [0.1, 0.15) is 0 Å². The van der Waals surface area contributed by atoms with E-state index in [1.54, 1.807) is 0 Å². The molecule has 0 radical (unpaired) electrons. The highest BCUT2D eigenvalue weighted by Crippen LogP contribution is 2.65. The molecule has 0 aromatic heterocycles. The molecule has 0 nitrogen and oxygen atoms in total. The zero-order valence-corrected chi connectivity index (χ0v) is 23.3. The second kappa shape index (κ2) is 7.75. The summed E-state index contributed by atoms with van der Waals surface area (Å²) in [6.45, 7) is 2.16. The van der Waals surface area contributed by atoms with E-state index in [1.807, 2.05) is 0 Å². The van der Waals surface area contributed by atoms with Crippen LogP contribution in [0.2, 0.25) is 0 Å². The maximum absolute atomic E-state index is 2.55. The smallest absolute Gasteiger partial charge is 0.0619 e. The first-order valence-corrected chi connectivity index (χ1v) is 14.9. The van der Waals surface area contributed by atoms with Crippen LogP contribution in [0.3, 0.4) is 0 Å². The minimum Gasteiger partial charge on any atom is -0.0619 e. The standard InChI is InChI=1S/C42H26/c1-25-17-19-26(20-18-25)27-21-22-31-30-11-4-6-15-36(30)42(38(31)23-27)37-16-7-5-12-33(37)41-34-14-8-13-32-28-9-2-3-10-29(28)35(40(32)34)24-39(41)42/h2-24H,1H3. The van der Waals surface area contributed by atoms with Crippen molar-refractivity contribution in [3.05, 3.63) is 167 Å². The topological polar surface area (TPSA) is 0 Å². The molecule has 42 heavy (non-hydrogen) atoms. The van der Waals surface area contributed by atoms with Crippen molar-refractivity contribution in [3.8, 4) is 55.6 Å². The molecule has 0 heterocycles. The predicted octanol–water partition coefficient (Wildman–Crippen LogP) is 10.8. The molecule has 1 spiro atoms. The van der Waals surface area contributed by atoms with Gasteiger partial charge in [-0.25, -0.2) is 0 Å². The van der Waals surface area contributed by atoms with Gasteiger partial charge in [0.05, 0.1) is 5.41 Å². The second-order valence-corrected chi connectivity index (χ2v) is 12.1. The van der Waals surface area contributed by atoms with Gasteiger partial charge in [0.2, 0.25) is 0 Å². The van der Waals surface area contributed by atoms with Gasteiger partial charge in [0.25, 0.3) is 0 Å². The van der Waals surface area contributed by atoms with Gasteiger partial charge in [-0.3, -0.25) is 0 Å². The van der Waals surface area contributed by atoms with Crippen molar-refractivity contribution >= 4 is 10.8 Å². The van der Waals surface area contributed by atoms with E-state index in [0.29, 0.717) is 0 Å². The van der Waals surface area contributed by atoms with Gasteiger partial charge in [-0.2, -0.15) is 0 Å². The summed E-state index contributed by atoms with van der Waals surface area (Å²) in [5.74, 6) is 0. The molecule has 194 valence electrons. The Kier molecular flexibility index (Phi) is 4.15. The summed E-state index contributed by atoms with van der Waals surface area (Å²) in [7, 11) is 0. The molecule has 7 aromatic carbocycles. The second-order valence-electron chi connectivity index (χ2n) is 12.1. The first kappa shape index (κ1) is 22.5. The van der Waals surface area contributed by atoms with Crippen LogP contribution in [0.1, 0.15) is 27.8 Å². The van der Waals surface area contributed by atoms with E-state index in [1.165, 1.54) is 94.2 Å². The van der Waals surface area contributed by atoms with E-state index in [9.17, 15) is 0 Å². The van der Waals surface area contributed by atoms with Crippen LogP contribution in [0.15, 0.2) is 140 Å². The highest BCUT2D eigenvalue weighted by Gasteiger charge is 2.52. The molecule has 3 aliphatic rings. The molecule has 3 aliphatic carbocycles. The maximum atomic E-state index is 2.55. The lowest BCUT2D eigenvalue weighted by Gasteiger charge is -2.31. The lowest BCUT2D eigenvalue weighted by Crippen LogP contribution is -2.26. The van der Waals surface area contributed by atoms with Crippen molar-refractivity contribution in [3.63, 3.8) is 0 Å². The van der Waals surface area contributed by atoms with Crippen LogP contribution < -0.4 is 0 Å². The van der Waals surface area contributed by atoms with Crippen molar-refractivity contribution in [2.24, 2.45) is 0 Å². The Morgan fingerprint density at radius 2 is 0.976 bits per heavy atom. The Morgan fingerprint density at radius 1 is 0.381 bits per heavy atom.